The van der Waals surface area contributed by atoms with Gasteiger partial charge in [-0.15, -0.1) is 0 Å². The summed E-state index contributed by atoms with van der Waals surface area (Å²) in [4.78, 5) is 10.6. The highest BCUT2D eigenvalue weighted by Crippen LogP contribution is 2.35. The first-order valence-electron chi connectivity index (χ1n) is 2.76. The monoisotopic (exact) mass is 130 g/mol. The minimum Gasteiger partial charge on any atom is -0.287 e. The zero-order valence-corrected chi connectivity index (χ0v) is 6.05. The van der Waals surface area contributed by atoms with Crippen LogP contribution in [0.25, 0.3) is 0 Å². The Morgan fingerprint density at radius 1 is 1.62 bits per heavy atom. The summed E-state index contributed by atoms with van der Waals surface area (Å²) in [6, 6.07) is 0. The van der Waals surface area contributed by atoms with E-state index >= 15 is 0 Å². The third-order valence-corrected chi connectivity index (χ3v) is 2.64. The van der Waals surface area contributed by atoms with Gasteiger partial charge in [0.05, 0.1) is 0 Å². The van der Waals surface area contributed by atoms with Gasteiger partial charge in [-0.05, 0) is 5.41 Å². The van der Waals surface area contributed by atoms with Crippen LogP contribution in [0.2, 0.25) is 0 Å². The number of carbonyl (C=O) groups is 1. The molecule has 1 heterocycles. The molecule has 2 heteroatoms. The standard InChI is InChI=1S/C6H10OS/c1-6(2)3-5(7)8-4-6/h3-4H2,1-2H3. The molecule has 0 amide bonds. The van der Waals surface area contributed by atoms with Gasteiger partial charge in [0.15, 0.2) is 5.12 Å². The predicted octanol–water partition coefficient (Wildman–Crippen LogP) is 1.68. The van der Waals surface area contributed by atoms with Crippen molar-refractivity contribution < 1.29 is 4.79 Å². The van der Waals surface area contributed by atoms with Gasteiger partial charge >= 0.3 is 0 Å². The summed E-state index contributed by atoms with van der Waals surface area (Å²) < 4.78 is 0. The van der Waals surface area contributed by atoms with Gasteiger partial charge in [0, 0.05) is 12.2 Å². The van der Waals surface area contributed by atoms with E-state index < -0.39 is 0 Å². The SMILES string of the molecule is CC1(C)CSC(=O)C1. The number of hydrogen-bond donors (Lipinski definition) is 0. The summed E-state index contributed by atoms with van der Waals surface area (Å²) in [5, 5.41) is 0.356. The molecule has 0 radical (unpaired) electrons. The van der Waals surface area contributed by atoms with Gasteiger partial charge in [-0.2, -0.15) is 0 Å². The lowest BCUT2D eigenvalue weighted by Crippen LogP contribution is -2.08. The van der Waals surface area contributed by atoms with E-state index in [4.69, 9.17) is 0 Å². The van der Waals surface area contributed by atoms with Crippen molar-refractivity contribution in [1.82, 2.24) is 0 Å². The van der Waals surface area contributed by atoms with Crippen molar-refractivity contribution in [2.24, 2.45) is 5.41 Å². The zero-order chi connectivity index (χ0) is 6.20. The van der Waals surface area contributed by atoms with Crippen LogP contribution in [0.5, 0.6) is 0 Å². The zero-order valence-electron chi connectivity index (χ0n) is 5.23. The van der Waals surface area contributed by atoms with E-state index in [2.05, 4.69) is 13.8 Å². The molecule has 1 rings (SSSR count). The Labute approximate surface area is 53.8 Å². The van der Waals surface area contributed by atoms with Crippen LogP contribution in [-0.4, -0.2) is 10.9 Å². The Morgan fingerprint density at radius 2 is 2.25 bits per heavy atom. The van der Waals surface area contributed by atoms with Crippen molar-refractivity contribution in [3.8, 4) is 0 Å². The molecule has 0 aliphatic carbocycles. The third-order valence-electron chi connectivity index (χ3n) is 1.25. The van der Waals surface area contributed by atoms with Crippen LogP contribution < -0.4 is 0 Å². The minimum absolute atomic E-state index is 0.280. The highest BCUT2D eigenvalue weighted by molar-refractivity contribution is 8.14. The molecule has 0 bridgehead atoms. The van der Waals surface area contributed by atoms with Crippen LogP contribution in [0.15, 0.2) is 0 Å². The second-order valence-corrected chi connectivity index (χ2v) is 4.03. The van der Waals surface area contributed by atoms with Crippen molar-refractivity contribution in [2.75, 3.05) is 5.75 Å². The van der Waals surface area contributed by atoms with E-state index in [0.29, 0.717) is 5.12 Å². The molecule has 1 aliphatic rings. The summed E-state index contributed by atoms with van der Waals surface area (Å²) in [6.07, 6.45) is 0.762. The van der Waals surface area contributed by atoms with Crippen LogP contribution in [0, 0.1) is 5.41 Å². The number of carbonyl (C=O) groups excluding carboxylic acids is 1. The third kappa shape index (κ3) is 1.25. The first-order chi connectivity index (χ1) is 3.60. The Kier molecular flexibility index (Phi) is 1.35. The molecule has 0 aromatic heterocycles. The maximum absolute atomic E-state index is 10.6. The smallest absolute Gasteiger partial charge is 0.189 e. The molecule has 0 aromatic rings. The molecular weight excluding hydrogens is 120 g/mol. The van der Waals surface area contributed by atoms with Gasteiger partial charge in [0.2, 0.25) is 0 Å². The fourth-order valence-electron chi connectivity index (χ4n) is 0.769. The Morgan fingerprint density at radius 3 is 2.38 bits per heavy atom. The van der Waals surface area contributed by atoms with Crippen molar-refractivity contribution in [3.05, 3.63) is 0 Å². The van der Waals surface area contributed by atoms with Gasteiger partial charge in [0.1, 0.15) is 0 Å². The molecule has 0 unspecified atom stereocenters. The maximum Gasteiger partial charge on any atom is 0.189 e. The van der Waals surface area contributed by atoms with Gasteiger partial charge < -0.3 is 0 Å². The van der Waals surface area contributed by atoms with E-state index in [0.717, 1.165) is 12.2 Å². The van der Waals surface area contributed by atoms with Crippen molar-refractivity contribution in [3.63, 3.8) is 0 Å². The molecule has 0 spiro atoms. The lowest BCUT2D eigenvalue weighted by Gasteiger charge is -2.11. The van der Waals surface area contributed by atoms with Crippen molar-refractivity contribution in [2.45, 2.75) is 20.3 Å². The first kappa shape index (κ1) is 6.14. The van der Waals surface area contributed by atoms with Gasteiger partial charge in [0.25, 0.3) is 0 Å². The molecule has 1 saturated heterocycles. The van der Waals surface area contributed by atoms with Crippen LogP contribution in [-0.2, 0) is 4.79 Å². The van der Waals surface area contributed by atoms with E-state index in [1.54, 1.807) is 0 Å². The Bertz CT molecular complexity index is 118. The van der Waals surface area contributed by atoms with Gasteiger partial charge in [-0.3, -0.25) is 4.79 Å². The normalized spacial score (nSPS) is 26.5. The molecule has 8 heavy (non-hydrogen) atoms. The quantitative estimate of drug-likeness (QED) is 0.496. The predicted molar refractivity (Wildman–Crippen MR) is 35.9 cm³/mol. The van der Waals surface area contributed by atoms with Crippen LogP contribution in [0.3, 0.4) is 0 Å². The second-order valence-electron chi connectivity index (χ2n) is 3.00. The largest absolute Gasteiger partial charge is 0.287 e. The second kappa shape index (κ2) is 1.76. The Balaban J connectivity index is 2.56. The molecule has 0 aromatic carbocycles. The summed E-state index contributed by atoms with van der Waals surface area (Å²) in [7, 11) is 0. The summed E-state index contributed by atoms with van der Waals surface area (Å²) in [5.74, 6) is 1.01. The molecule has 1 aliphatic heterocycles. The van der Waals surface area contributed by atoms with Gasteiger partial charge in [-0.1, -0.05) is 25.6 Å². The summed E-state index contributed by atoms with van der Waals surface area (Å²) in [6.45, 7) is 4.26. The molecule has 1 nitrogen and oxygen atoms in total. The van der Waals surface area contributed by atoms with E-state index in [9.17, 15) is 4.79 Å². The average Bonchev–Trinajstić information content (AvgIpc) is 1.82. The first-order valence-corrected chi connectivity index (χ1v) is 3.74. The minimum atomic E-state index is 0.280. The molecule has 0 atom stereocenters. The average molecular weight is 130 g/mol. The van der Waals surface area contributed by atoms with Gasteiger partial charge in [-0.25, -0.2) is 0 Å². The van der Waals surface area contributed by atoms with Crippen molar-refractivity contribution >= 4 is 16.9 Å². The van der Waals surface area contributed by atoms with Crippen molar-refractivity contribution in [1.29, 1.82) is 0 Å². The number of hydrogen-bond acceptors (Lipinski definition) is 2. The van der Waals surface area contributed by atoms with E-state index in [1.807, 2.05) is 0 Å². The number of rotatable bonds is 0. The topological polar surface area (TPSA) is 17.1 Å². The molecular formula is C6H10OS. The lowest BCUT2D eigenvalue weighted by molar-refractivity contribution is -0.111. The molecule has 0 N–H and O–H groups in total. The fourth-order valence-corrected chi connectivity index (χ4v) is 1.92. The lowest BCUT2D eigenvalue weighted by atomic mass is 9.93. The van der Waals surface area contributed by atoms with Crippen LogP contribution in [0.4, 0.5) is 0 Å². The highest BCUT2D eigenvalue weighted by Gasteiger charge is 2.29. The molecule has 1 fully saturated rings. The van der Waals surface area contributed by atoms with Crippen LogP contribution >= 0.6 is 11.8 Å². The Hall–Kier alpha value is 0.0200. The fraction of sp³-hybridized carbons (Fsp3) is 0.833. The maximum atomic E-state index is 10.6. The molecule has 0 saturated carbocycles. The number of thioether (sulfide) groups is 1. The van der Waals surface area contributed by atoms with Crippen LogP contribution in [0.1, 0.15) is 20.3 Å². The highest BCUT2D eigenvalue weighted by atomic mass is 32.2. The summed E-state index contributed by atoms with van der Waals surface area (Å²) >= 11 is 1.47. The van der Waals surface area contributed by atoms with E-state index in [-0.39, 0.29) is 5.41 Å². The summed E-state index contributed by atoms with van der Waals surface area (Å²) in [5.41, 5.74) is 0.280. The molecule has 46 valence electrons. The van der Waals surface area contributed by atoms with E-state index in [1.165, 1.54) is 11.8 Å².